The third kappa shape index (κ3) is 3.23. The molecule has 3 heteroatoms. The van der Waals surface area contributed by atoms with E-state index in [4.69, 9.17) is 0 Å². The van der Waals surface area contributed by atoms with Gasteiger partial charge in [-0.15, -0.1) is 11.3 Å². The van der Waals surface area contributed by atoms with Crippen molar-refractivity contribution in [2.45, 2.75) is 31.5 Å². The largest absolute Gasteiger partial charge is 0.253 e. The predicted molar refractivity (Wildman–Crippen MR) is 58.0 cm³/mol. The first-order chi connectivity index (χ1) is 5.70. The van der Waals surface area contributed by atoms with Crippen LogP contribution in [-0.2, 0) is 6.42 Å². The van der Waals surface area contributed by atoms with E-state index in [1.54, 1.807) is 11.3 Å². The summed E-state index contributed by atoms with van der Waals surface area (Å²) in [7, 11) is 0. The first-order valence-electron chi connectivity index (χ1n) is 4.21. The molecule has 0 spiro atoms. The molecule has 0 saturated carbocycles. The van der Waals surface area contributed by atoms with Crippen LogP contribution in [0.5, 0.6) is 0 Å². The molecule has 0 fully saturated rings. The van der Waals surface area contributed by atoms with Crippen molar-refractivity contribution < 1.29 is 0 Å². The fourth-order valence-electron chi connectivity index (χ4n) is 0.979. The van der Waals surface area contributed by atoms with Crippen LogP contribution < -0.4 is 0 Å². The van der Waals surface area contributed by atoms with Crippen LogP contribution in [0.2, 0.25) is 0 Å². The summed E-state index contributed by atoms with van der Waals surface area (Å²) in [5.74, 6) is 0.720. The second kappa shape index (κ2) is 4.97. The van der Waals surface area contributed by atoms with Crippen molar-refractivity contribution >= 4 is 27.3 Å². The Morgan fingerprint density at radius 1 is 1.58 bits per heavy atom. The molecule has 0 bridgehead atoms. The predicted octanol–water partition coefficient (Wildman–Crippen LogP) is 3.50. The zero-order valence-corrected chi connectivity index (χ0v) is 9.86. The number of alkyl halides is 1. The van der Waals surface area contributed by atoms with E-state index in [9.17, 15) is 0 Å². The normalized spacial score (nSPS) is 13.7. The van der Waals surface area contributed by atoms with Crippen LogP contribution in [0.1, 0.15) is 25.1 Å². The number of halogens is 1. The fraction of sp³-hybridized carbons (Fsp3) is 0.667. The number of thiazole rings is 1. The number of nitrogens with zero attached hydrogens (tertiary/aromatic N) is 1. The third-order valence-electron chi connectivity index (χ3n) is 1.87. The Balaban J connectivity index is 2.27. The van der Waals surface area contributed by atoms with Crippen LogP contribution in [0.4, 0.5) is 0 Å². The lowest BCUT2D eigenvalue weighted by Crippen LogP contribution is -2.07. The van der Waals surface area contributed by atoms with Gasteiger partial charge in [0.2, 0.25) is 0 Å². The highest BCUT2D eigenvalue weighted by Crippen LogP contribution is 2.19. The number of hydrogen-bond acceptors (Lipinski definition) is 2. The van der Waals surface area contributed by atoms with Gasteiger partial charge in [-0.25, -0.2) is 0 Å². The van der Waals surface area contributed by atoms with Gasteiger partial charge in [-0.1, -0.05) is 29.8 Å². The summed E-state index contributed by atoms with van der Waals surface area (Å²) in [4.78, 5) is 6.08. The Morgan fingerprint density at radius 3 is 2.83 bits per heavy atom. The van der Waals surface area contributed by atoms with Crippen LogP contribution in [0, 0.1) is 5.92 Å². The molecule has 0 aromatic carbocycles. The highest BCUT2D eigenvalue weighted by molar-refractivity contribution is 9.09. The van der Waals surface area contributed by atoms with Crippen molar-refractivity contribution in [2.24, 2.45) is 5.92 Å². The van der Waals surface area contributed by atoms with Crippen molar-refractivity contribution in [2.75, 3.05) is 0 Å². The van der Waals surface area contributed by atoms with E-state index < -0.39 is 0 Å². The fourth-order valence-corrected chi connectivity index (χ4v) is 1.82. The highest BCUT2D eigenvalue weighted by atomic mass is 79.9. The maximum absolute atomic E-state index is 4.05. The number of aryl methyl sites for hydroxylation is 1. The molecule has 0 aliphatic rings. The van der Waals surface area contributed by atoms with Gasteiger partial charge in [-0.05, 0) is 18.8 Å². The Morgan fingerprint density at radius 2 is 2.33 bits per heavy atom. The Bertz CT molecular complexity index is 208. The molecule has 0 aliphatic heterocycles. The standard InChI is InChI=1S/C9H14BrNS/c1-7(2)9(10)4-3-8-5-11-6-12-8/h5-7,9H,3-4H2,1-2H3. The monoisotopic (exact) mass is 247 g/mol. The van der Waals surface area contributed by atoms with E-state index in [1.807, 2.05) is 11.7 Å². The van der Waals surface area contributed by atoms with Crippen LogP contribution in [-0.4, -0.2) is 9.81 Å². The van der Waals surface area contributed by atoms with Crippen LogP contribution in [0.15, 0.2) is 11.7 Å². The summed E-state index contributed by atoms with van der Waals surface area (Å²) in [5.41, 5.74) is 1.90. The quantitative estimate of drug-likeness (QED) is 0.743. The maximum atomic E-state index is 4.05. The van der Waals surface area contributed by atoms with Crippen molar-refractivity contribution in [1.82, 2.24) is 4.98 Å². The molecule has 68 valence electrons. The summed E-state index contributed by atoms with van der Waals surface area (Å²) in [6.45, 7) is 4.48. The van der Waals surface area contributed by atoms with Gasteiger partial charge in [-0.2, -0.15) is 0 Å². The van der Waals surface area contributed by atoms with Gasteiger partial charge < -0.3 is 0 Å². The summed E-state index contributed by atoms with van der Waals surface area (Å²) < 4.78 is 0. The van der Waals surface area contributed by atoms with Crippen molar-refractivity contribution in [3.8, 4) is 0 Å². The molecule has 1 unspecified atom stereocenters. The smallest absolute Gasteiger partial charge is 0.0794 e. The minimum Gasteiger partial charge on any atom is -0.253 e. The van der Waals surface area contributed by atoms with Crippen molar-refractivity contribution in [3.63, 3.8) is 0 Å². The zero-order valence-electron chi connectivity index (χ0n) is 7.46. The van der Waals surface area contributed by atoms with E-state index in [1.165, 1.54) is 11.3 Å². The average molecular weight is 248 g/mol. The van der Waals surface area contributed by atoms with Gasteiger partial charge in [-0.3, -0.25) is 4.98 Å². The minimum absolute atomic E-state index is 0.639. The molecule has 12 heavy (non-hydrogen) atoms. The summed E-state index contributed by atoms with van der Waals surface area (Å²) in [6, 6.07) is 0. The summed E-state index contributed by atoms with van der Waals surface area (Å²) in [5, 5.41) is 0. The van der Waals surface area contributed by atoms with Crippen LogP contribution in [0.25, 0.3) is 0 Å². The molecule has 1 nitrogen and oxygen atoms in total. The lowest BCUT2D eigenvalue weighted by atomic mass is 10.1. The molecular formula is C9H14BrNS. The molecular weight excluding hydrogens is 234 g/mol. The van der Waals surface area contributed by atoms with Gasteiger partial charge >= 0.3 is 0 Å². The third-order valence-corrected chi connectivity index (χ3v) is 4.23. The molecule has 1 atom stereocenters. The average Bonchev–Trinajstić information content (AvgIpc) is 2.51. The highest BCUT2D eigenvalue weighted by Gasteiger charge is 2.08. The maximum Gasteiger partial charge on any atom is 0.0794 e. The molecule has 1 aromatic rings. The molecule has 0 radical (unpaired) electrons. The zero-order chi connectivity index (χ0) is 8.97. The number of aromatic nitrogens is 1. The lowest BCUT2D eigenvalue weighted by molar-refractivity contribution is 0.583. The minimum atomic E-state index is 0.639. The summed E-state index contributed by atoms with van der Waals surface area (Å²) >= 11 is 5.42. The molecule has 0 saturated heterocycles. The van der Waals surface area contributed by atoms with Crippen LogP contribution >= 0.6 is 27.3 Å². The first kappa shape index (κ1) is 10.2. The Kier molecular flexibility index (Phi) is 4.22. The number of hydrogen-bond donors (Lipinski definition) is 0. The Labute approximate surface area is 86.3 Å². The first-order valence-corrected chi connectivity index (χ1v) is 6.01. The van der Waals surface area contributed by atoms with E-state index in [0.29, 0.717) is 4.83 Å². The molecule has 1 heterocycles. The topological polar surface area (TPSA) is 12.9 Å². The SMILES string of the molecule is CC(C)C(Br)CCc1cncs1. The molecule has 0 N–H and O–H groups in total. The second-order valence-corrected chi connectivity index (χ2v) is 5.41. The van der Waals surface area contributed by atoms with Gasteiger partial charge in [0.25, 0.3) is 0 Å². The van der Waals surface area contributed by atoms with Crippen molar-refractivity contribution in [3.05, 3.63) is 16.6 Å². The molecule has 1 rings (SSSR count). The van der Waals surface area contributed by atoms with E-state index in [2.05, 4.69) is 34.8 Å². The molecule has 0 amide bonds. The summed E-state index contributed by atoms with van der Waals surface area (Å²) in [6.07, 6.45) is 4.32. The second-order valence-electron chi connectivity index (χ2n) is 3.27. The van der Waals surface area contributed by atoms with Crippen LogP contribution in [0.3, 0.4) is 0 Å². The number of rotatable bonds is 4. The van der Waals surface area contributed by atoms with Gasteiger partial charge in [0.1, 0.15) is 0 Å². The van der Waals surface area contributed by atoms with E-state index in [-0.39, 0.29) is 0 Å². The molecule has 0 aliphatic carbocycles. The van der Waals surface area contributed by atoms with Gasteiger partial charge in [0.15, 0.2) is 0 Å². The molecule has 1 aromatic heterocycles. The van der Waals surface area contributed by atoms with Gasteiger partial charge in [0.05, 0.1) is 5.51 Å². The van der Waals surface area contributed by atoms with E-state index >= 15 is 0 Å². The lowest BCUT2D eigenvalue weighted by Gasteiger charge is -2.11. The van der Waals surface area contributed by atoms with Gasteiger partial charge in [0, 0.05) is 15.9 Å². The van der Waals surface area contributed by atoms with E-state index in [0.717, 1.165) is 12.3 Å². The van der Waals surface area contributed by atoms with Crippen molar-refractivity contribution in [1.29, 1.82) is 0 Å². The Hall–Kier alpha value is 0.110.